The fourth-order valence-corrected chi connectivity index (χ4v) is 3.12. The van der Waals surface area contributed by atoms with E-state index in [4.69, 9.17) is 9.15 Å². The number of ether oxygens (including phenoxy) is 1. The molecule has 0 aliphatic carbocycles. The standard InChI is InChI=1S/C20H22N2O5/c1-21(2)9-10-22-17(13-6-4-7-14(12-13)26-3)16(19(24)20(22)25)18(23)15-8-5-11-27-15/h4-8,11-12,17,24H,9-10H2,1-3H3/t17-/m0/s1. The molecule has 0 unspecified atom stereocenters. The molecule has 0 bridgehead atoms. The fraction of sp³-hybridized carbons (Fsp3) is 0.300. The molecule has 3 rings (SSSR count). The van der Waals surface area contributed by atoms with E-state index in [2.05, 4.69) is 0 Å². The first-order chi connectivity index (χ1) is 12.9. The van der Waals surface area contributed by atoms with E-state index in [-0.39, 0.29) is 11.3 Å². The first-order valence-corrected chi connectivity index (χ1v) is 8.55. The lowest BCUT2D eigenvalue weighted by Crippen LogP contribution is -2.36. The van der Waals surface area contributed by atoms with Crippen LogP contribution < -0.4 is 4.74 Å². The Labute approximate surface area is 157 Å². The molecule has 1 N–H and O–H groups in total. The summed E-state index contributed by atoms with van der Waals surface area (Å²) < 4.78 is 10.5. The highest BCUT2D eigenvalue weighted by molar-refractivity contribution is 6.15. The second kappa shape index (κ2) is 7.67. The van der Waals surface area contributed by atoms with Gasteiger partial charge in [-0.25, -0.2) is 0 Å². The van der Waals surface area contributed by atoms with Crippen LogP contribution in [0.3, 0.4) is 0 Å². The monoisotopic (exact) mass is 370 g/mol. The molecule has 1 aliphatic rings. The van der Waals surface area contributed by atoms with E-state index in [1.54, 1.807) is 37.4 Å². The highest BCUT2D eigenvalue weighted by atomic mass is 16.5. The molecule has 1 amide bonds. The van der Waals surface area contributed by atoms with E-state index in [0.717, 1.165) is 0 Å². The zero-order valence-corrected chi connectivity index (χ0v) is 15.5. The van der Waals surface area contributed by atoms with Gasteiger partial charge in [-0.05, 0) is 43.9 Å². The minimum absolute atomic E-state index is 0.0157. The van der Waals surface area contributed by atoms with Gasteiger partial charge in [0.05, 0.1) is 25.0 Å². The molecule has 1 aromatic heterocycles. The summed E-state index contributed by atoms with van der Waals surface area (Å²) in [7, 11) is 5.33. The molecule has 0 saturated heterocycles. The number of likely N-dealkylation sites (N-methyl/N-ethyl adjacent to an activating group) is 1. The van der Waals surface area contributed by atoms with Crippen molar-refractivity contribution in [2.24, 2.45) is 0 Å². The van der Waals surface area contributed by atoms with Crippen molar-refractivity contribution in [2.75, 3.05) is 34.3 Å². The Morgan fingerprint density at radius 3 is 2.70 bits per heavy atom. The van der Waals surface area contributed by atoms with Crippen molar-refractivity contribution in [1.29, 1.82) is 0 Å². The number of furan rings is 1. The first-order valence-electron chi connectivity index (χ1n) is 8.55. The third-order valence-electron chi connectivity index (χ3n) is 4.49. The molecule has 0 fully saturated rings. The third-order valence-corrected chi connectivity index (χ3v) is 4.49. The lowest BCUT2D eigenvalue weighted by Gasteiger charge is -2.28. The van der Waals surface area contributed by atoms with Crippen molar-refractivity contribution in [3.8, 4) is 5.75 Å². The maximum absolute atomic E-state index is 13.0. The van der Waals surface area contributed by atoms with E-state index < -0.39 is 23.5 Å². The molecular weight excluding hydrogens is 348 g/mol. The van der Waals surface area contributed by atoms with Crippen molar-refractivity contribution in [2.45, 2.75) is 6.04 Å². The summed E-state index contributed by atoms with van der Waals surface area (Å²) in [5, 5.41) is 10.5. The van der Waals surface area contributed by atoms with Crippen LogP contribution in [-0.4, -0.2) is 60.9 Å². The Hall–Kier alpha value is -3.06. The van der Waals surface area contributed by atoms with Crippen LogP contribution in [-0.2, 0) is 4.79 Å². The molecule has 27 heavy (non-hydrogen) atoms. The molecule has 0 spiro atoms. The lowest BCUT2D eigenvalue weighted by atomic mass is 9.95. The number of hydrogen-bond donors (Lipinski definition) is 1. The predicted octanol–water partition coefficient (Wildman–Crippen LogP) is 2.43. The van der Waals surface area contributed by atoms with Gasteiger partial charge in [0.15, 0.2) is 11.5 Å². The number of ketones is 1. The SMILES string of the molecule is COc1cccc([C@H]2C(C(=O)c3ccco3)=C(O)C(=O)N2CCN(C)C)c1. The number of benzene rings is 1. The van der Waals surface area contributed by atoms with E-state index in [1.807, 2.05) is 19.0 Å². The van der Waals surface area contributed by atoms with Crippen LogP contribution in [0.25, 0.3) is 0 Å². The van der Waals surface area contributed by atoms with Gasteiger partial charge in [0.1, 0.15) is 5.75 Å². The van der Waals surface area contributed by atoms with Gasteiger partial charge in [-0.15, -0.1) is 0 Å². The van der Waals surface area contributed by atoms with Gasteiger partial charge in [-0.2, -0.15) is 0 Å². The molecule has 1 atom stereocenters. The quantitative estimate of drug-likeness (QED) is 0.754. The van der Waals surface area contributed by atoms with Crippen LogP contribution in [0.4, 0.5) is 0 Å². The highest BCUT2D eigenvalue weighted by Crippen LogP contribution is 2.39. The number of carbonyl (C=O) groups excluding carboxylic acids is 2. The second-order valence-corrected chi connectivity index (χ2v) is 6.55. The van der Waals surface area contributed by atoms with E-state index in [9.17, 15) is 14.7 Å². The highest BCUT2D eigenvalue weighted by Gasteiger charge is 2.44. The summed E-state index contributed by atoms with van der Waals surface area (Å²) in [6.45, 7) is 0.939. The minimum Gasteiger partial charge on any atom is -0.503 e. The molecule has 142 valence electrons. The van der Waals surface area contributed by atoms with Crippen LogP contribution in [0.1, 0.15) is 22.2 Å². The number of Topliss-reactive ketones (excluding diaryl/α,β-unsaturated/α-hetero) is 1. The Kier molecular flexibility index (Phi) is 5.32. The van der Waals surface area contributed by atoms with Crippen molar-refractivity contribution < 1.29 is 23.8 Å². The van der Waals surface area contributed by atoms with Crippen LogP contribution in [0.15, 0.2) is 58.4 Å². The number of methoxy groups -OCH3 is 1. The average Bonchev–Trinajstić information content (AvgIpc) is 3.28. The van der Waals surface area contributed by atoms with E-state index >= 15 is 0 Å². The zero-order chi connectivity index (χ0) is 19.6. The van der Waals surface area contributed by atoms with Gasteiger partial charge in [-0.1, -0.05) is 12.1 Å². The maximum Gasteiger partial charge on any atom is 0.290 e. The Bertz CT molecular complexity index is 870. The number of amides is 1. The minimum atomic E-state index is -0.717. The van der Waals surface area contributed by atoms with Crippen LogP contribution in [0, 0.1) is 0 Å². The maximum atomic E-state index is 13.0. The largest absolute Gasteiger partial charge is 0.503 e. The fourth-order valence-electron chi connectivity index (χ4n) is 3.12. The predicted molar refractivity (Wildman–Crippen MR) is 98.7 cm³/mol. The van der Waals surface area contributed by atoms with Crippen molar-refractivity contribution >= 4 is 11.7 Å². The van der Waals surface area contributed by atoms with Gasteiger partial charge >= 0.3 is 0 Å². The average molecular weight is 370 g/mol. The number of hydrogen-bond acceptors (Lipinski definition) is 6. The molecule has 0 radical (unpaired) electrons. The molecule has 1 aliphatic heterocycles. The number of nitrogens with zero attached hydrogens (tertiary/aromatic N) is 2. The molecule has 1 aromatic carbocycles. The van der Waals surface area contributed by atoms with E-state index in [0.29, 0.717) is 24.4 Å². The normalized spacial score (nSPS) is 17.1. The topological polar surface area (TPSA) is 83.2 Å². The van der Waals surface area contributed by atoms with Crippen LogP contribution in [0.5, 0.6) is 5.75 Å². The molecule has 2 aromatic rings. The van der Waals surface area contributed by atoms with Crippen LogP contribution >= 0.6 is 0 Å². The molecule has 2 heterocycles. The lowest BCUT2D eigenvalue weighted by molar-refractivity contribution is -0.129. The number of rotatable bonds is 7. The van der Waals surface area contributed by atoms with Gasteiger partial charge < -0.3 is 24.1 Å². The number of aliphatic hydroxyl groups is 1. The Morgan fingerprint density at radius 1 is 1.30 bits per heavy atom. The summed E-state index contributed by atoms with van der Waals surface area (Å²) in [6.07, 6.45) is 1.38. The molecule has 7 nitrogen and oxygen atoms in total. The third kappa shape index (κ3) is 3.59. The van der Waals surface area contributed by atoms with Gasteiger partial charge in [0.25, 0.3) is 5.91 Å². The molecular formula is C20H22N2O5. The number of aliphatic hydroxyl groups excluding tert-OH is 1. The number of carbonyl (C=O) groups is 2. The van der Waals surface area contributed by atoms with Crippen molar-refractivity contribution in [1.82, 2.24) is 9.80 Å². The Balaban J connectivity index is 2.07. The summed E-state index contributed by atoms with van der Waals surface area (Å²) in [5.41, 5.74) is 0.697. The molecule has 0 saturated carbocycles. The summed E-state index contributed by atoms with van der Waals surface area (Å²) >= 11 is 0. The summed E-state index contributed by atoms with van der Waals surface area (Å²) in [6, 6.07) is 9.51. The first kappa shape index (κ1) is 18.7. The smallest absolute Gasteiger partial charge is 0.290 e. The second-order valence-electron chi connectivity index (χ2n) is 6.55. The summed E-state index contributed by atoms with van der Waals surface area (Å²) in [5.74, 6) is -0.941. The van der Waals surface area contributed by atoms with Gasteiger partial charge in [0.2, 0.25) is 5.78 Å². The van der Waals surface area contributed by atoms with Crippen molar-refractivity contribution in [3.05, 3.63) is 65.3 Å². The van der Waals surface area contributed by atoms with Gasteiger partial charge in [0, 0.05) is 13.1 Å². The zero-order valence-electron chi connectivity index (χ0n) is 15.5. The van der Waals surface area contributed by atoms with Gasteiger partial charge in [-0.3, -0.25) is 9.59 Å². The molecule has 7 heteroatoms. The van der Waals surface area contributed by atoms with Crippen LogP contribution in [0.2, 0.25) is 0 Å². The van der Waals surface area contributed by atoms with E-state index in [1.165, 1.54) is 17.2 Å². The summed E-state index contributed by atoms with van der Waals surface area (Å²) in [4.78, 5) is 29.1. The van der Waals surface area contributed by atoms with Crippen molar-refractivity contribution in [3.63, 3.8) is 0 Å². The Morgan fingerprint density at radius 2 is 2.07 bits per heavy atom.